The van der Waals surface area contributed by atoms with E-state index in [0.29, 0.717) is 18.8 Å². The van der Waals surface area contributed by atoms with Crippen LogP contribution in [0.15, 0.2) is 57.9 Å². The molecular weight excluding hydrogens is 432 g/mol. The van der Waals surface area contributed by atoms with Gasteiger partial charge in [0.15, 0.2) is 5.69 Å². The Hall–Kier alpha value is -2.23. The summed E-state index contributed by atoms with van der Waals surface area (Å²) in [6.07, 6.45) is 0. The Labute approximate surface area is 165 Å². The molecule has 2 heterocycles. The van der Waals surface area contributed by atoms with Crippen molar-refractivity contribution in [2.75, 3.05) is 26.2 Å². The van der Waals surface area contributed by atoms with Crippen LogP contribution in [0.1, 0.15) is 10.5 Å². The topological polar surface area (TPSA) is 86.4 Å². The highest BCUT2D eigenvalue weighted by molar-refractivity contribution is 9.10. The van der Waals surface area contributed by atoms with E-state index in [1.807, 2.05) is 24.3 Å². The second kappa shape index (κ2) is 7.06. The van der Waals surface area contributed by atoms with Crippen molar-refractivity contribution in [3.8, 4) is 0 Å². The molecule has 27 heavy (non-hydrogen) atoms. The van der Waals surface area contributed by atoms with Crippen LogP contribution in [0.2, 0.25) is 0 Å². The van der Waals surface area contributed by atoms with Gasteiger partial charge in [0, 0.05) is 36.0 Å². The summed E-state index contributed by atoms with van der Waals surface area (Å²) in [5.74, 6) is -0.187. The lowest BCUT2D eigenvalue weighted by molar-refractivity contribution is 0.0694. The number of halogens is 1. The van der Waals surface area contributed by atoms with Crippen molar-refractivity contribution < 1.29 is 13.2 Å². The SMILES string of the molecule is O=C(c1n[nH]c2ccccc12)N1CCN(S(=O)(=O)c2ccc(Br)cc2)CC1. The molecule has 1 aliphatic rings. The van der Waals surface area contributed by atoms with Crippen LogP contribution in [0.25, 0.3) is 10.9 Å². The monoisotopic (exact) mass is 448 g/mol. The van der Waals surface area contributed by atoms with Crippen LogP contribution in [0.4, 0.5) is 0 Å². The molecule has 1 amide bonds. The fraction of sp³-hybridized carbons (Fsp3) is 0.222. The molecule has 0 bridgehead atoms. The van der Waals surface area contributed by atoms with E-state index in [2.05, 4.69) is 26.1 Å². The Morgan fingerprint density at radius 3 is 2.37 bits per heavy atom. The third kappa shape index (κ3) is 3.38. The zero-order valence-electron chi connectivity index (χ0n) is 14.3. The average Bonchev–Trinajstić information content (AvgIpc) is 3.12. The minimum absolute atomic E-state index is 0.187. The third-order valence-electron chi connectivity index (χ3n) is 4.65. The molecule has 1 N–H and O–H groups in total. The minimum atomic E-state index is -3.56. The van der Waals surface area contributed by atoms with Crippen LogP contribution in [-0.2, 0) is 10.0 Å². The van der Waals surface area contributed by atoms with Gasteiger partial charge in [0.2, 0.25) is 10.0 Å². The molecule has 0 radical (unpaired) electrons. The molecule has 1 aliphatic heterocycles. The summed E-state index contributed by atoms with van der Waals surface area (Å²) >= 11 is 3.31. The third-order valence-corrected chi connectivity index (χ3v) is 7.09. The molecule has 0 unspecified atom stereocenters. The number of nitrogens with one attached hydrogen (secondary N) is 1. The lowest BCUT2D eigenvalue weighted by Crippen LogP contribution is -2.50. The number of carbonyl (C=O) groups excluding carboxylic acids is 1. The van der Waals surface area contributed by atoms with Gasteiger partial charge in [-0.2, -0.15) is 9.40 Å². The summed E-state index contributed by atoms with van der Waals surface area (Å²) < 4.78 is 27.8. The largest absolute Gasteiger partial charge is 0.335 e. The summed E-state index contributed by atoms with van der Waals surface area (Å²) in [5, 5.41) is 7.77. The van der Waals surface area contributed by atoms with Crippen LogP contribution in [0.5, 0.6) is 0 Å². The van der Waals surface area contributed by atoms with E-state index in [1.54, 1.807) is 29.2 Å². The quantitative estimate of drug-likeness (QED) is 0.666. The van der Waals surface area contributed by atoms with Gasteiger partial charge < -0.3 is 4.90 Å². The normalized spacial score (nSPS) is 16.0. The minimum Gasteiger partial charge on any atom is -0.335 e. The van der Waals surface area contributed by atoms with Gasteiger partial charge in [-0.3, -0.25) is 9.89 Å². The number of aromatic nitrogens is 2. The van der Waals surface area contributed by atoms with E-state index < -0.39 is 10.0 Å². The van der Waals surface area contributed by atoms with Crippen LogP contribution in [0, 0.1) is 0 Å². The molecule has 1 saturated heterocycles. The molecule has 3 aromatic rings. The van der Waals surface area contributed by atoms with Crippen molar-refractivity contribution in [3.63, 3.8) is 0 Å². The maximum atomic E-state index is 12.8. The second-order valence-electron chi connectivity index (χ2n) is 6.27. The molecule has 0 spiro atoms. The lowest BCUT2D eigenvalue weighted by atomic mass is 10.2. The highest BCUT2D eigenvalue weighted by atomic mass is 79.9. The number of carbonyl (C=O) groups is 1. The number of hydrogen-bond acceptors (Lipinski definition) is 4. The summed E-state index contributed by atoms with van der Waals surface area (Å²) in [5.41, 5.74) is 1.17. The molecule has 1 fully saturated rings. The number of rotatable bonds is 3. The highest BCUT2D eigenvalue weighted by Crippen LogP contribution is 2.22. The average molecular weight is 449 g/mol. The van der Waals surface area contributed by atoms with Gasteiger partial charge in [-0.15, -0.1) is 0 Å². The van der Waals surface area contributed by atoms with Crippen molar-refractivity contribution in [3.05, 3.63) is 58.7 Å². The number of hydrogen-bond donors (Lipinski definition) is 1. The second-order valence-corrected chi connectivity index (χ2v) is 9.12. The van der Waals surface area contributed by atoms with Gasteiger partial charge in [0.05, 0.1) is 10.4 Å². The summed E-state index contributed by atoms with van der Waals surface area (Å²) in [4.78, 5) is 14.7. The van der Waals surface area contributed by atoms with E-state index in [0.717, 1.165) is 15.4 Å². The zero-order valence-corrected chi connectivity index (χ0v) is 16.7. The number of sulfonamides is 1. The zero-order chi connectivity index (χ0) is 19.0. The lowest BCUT2D eigenvalue weighted by Gasteiger charge is -2.33. The smallest absolute Gasteiger partial charge is 0.275 e. The molecule has 0 atom stereocenters. The molecule has 0 saturated carbocycles. The molecule has 140 valence electrons. The molecule has 1 aromatic heterocycles. The number of H-pyrrole nitrogens is 1. The fourth-order valence-corrected chi connectivity index (χ4v) is 4.85. The summed E-state index contributed by atoms with van der Waals surface area (Å²) in [6.45, 7) is 1.17. The Balaban J connectivity index is 1.48. The van der Waals surface area contributed by atoms with Gasteiger partial charge in [-0.1, -0.05) is 34.1 Å². The molecule has 0 aliphatic carbocycles. The van der Waals surface area contributed by atoms with Gasteiger partial charge in [0.1, 0.15) is 0 Å². The van der Waals surface area contributed by atoms with Crippen molar-refractivity contribution in [1.29, 1.82) is 0 Å². The number of piperazine rings is 1. The number of benzene rings is 2. The highest BCUT2D eigenvalue weighted by Gasteiger charge is 2.31. The van der Waals surface area contributed by atoms with Gasteiger partial charge >= 0.3 is 0 Å². The first kappa shape index (κ1) is 18.1. The van der Waals surface area contributed by atoms with E-state index in [4.69, 9.17) is 0 Å². The number of fused-ring (bicyclic) bond motifs is 1. The predicted octanol–water partition coefficient (Wildman–Crippen LogP) is 2.47. The van der Waals surface area contributed by atoms with Gasteiger partial charge in [-0.25, -0.2) is 8.42 Å². The van der Waals surface area contributed by atoms with Crippen LogP contribution < -0.4 is 0 Å². The van der Waals surface area contributed by atoms with Crippen molar-refractivity contribution >= 4 is 42.8 Å². The first-order valence-corrected chi connectivity index (χ1v) is 10.7. The van der Waals surface area contributed by atoms with Crippen molar-refractivity contribution in [2.24, 2.45) is 0 Å². The molecular formula is C18H17BrN4O3S. The van der Waals surface area contributed by atoms with Crippen molar-refractivity contribution in [1.82, 2.24) is 19.4 Å². The number of para-hydroxylation sites is 1. The maximum Gasteiger partial charge on any atom is 0.275 e. The molecule has 4 rings (SSSR count). The van der Waals surface area contributed by atoms with E-state index in [1.165, 1.54) is 4.31 Å². The van der Waals surface area contributed by atoms with E-state index in [-0.39, 0.29) is 23.9 Å². The first-order valence-electron chi connectivity index (χ1n) is 8.45. The van der Waals surface area contributed by atoms with Crippen molar-refractivity contribution in [2.45, 2.75) is 4.90 Å². The standard InChI is InChI=1S/C18H17BrN4O3S/c19-13-5-7-14(8-6-13)27(25,26)23-11-9-22(10-12-23)18(24)17-15-3-1-2-4-16(15)20-21-17/h1-8H,9-12H2,(H,20,21). The Morgan fingerprint density at radius 2 is 1.67 bits per heavy atom. The Kier molecular flexibility index (Phi) is 4.75. The number of nitrogens with zero attached hydrogens (tertiary/aromatic N) is 3. The summed E-state index contributed by atoms with van der Waals surface area (Å²) in [6, 6.07) is 14.0. The first-order chi connectivity index (χ1) is 13.0. The van der Waals surface area contributed by atoms with E-state index in [9.17, 15) is 13.2 Å². The van der Waals surface area contributed by atoms with Crippen LogP contribution in [-0.4, -0.2) is 59.9 Å². The van der Waals surface area contributed by atoms with E-state index >= 15 is 0 Å². The number of aromatic amines is 1. The van der Waals surface area contributed by atoms with Gasteiger partial charge in [0.25, 0.3) is 5.91 Å². The maximum absolute atomic E-state index is 12.8. The molecule has 9 heteroatoms. The van der Waals surface area contributed by atoms with Gasteiger partial charge in [-0.05, 0) is 30.3 Å². The Bertz CT molecular complexity index is 1090. The summed E-state index contributed by atoms with van der Waals surface area (Å²) in [7, 11) is -3.56. The predicted molar refractivity (Wildman–Crippen MR) is 105 cm³/mol. The molecule has 7 nitrogen and oxygen atoms in total. The number of amides is 1. The van der Waals surface area contributed by atoms with Crippen LogP contribution in [0.3, 0.4) is 0 Å². The van der Waals surface area contributed by atoms with Crippen LogP contribution >= 0.6 is 15.9 Å². The Morgan fingerprint density at radius 1 is 1.00 bits per heavy atom. The fourth-order valence-electron chi connectivity index (χ4n) is 3.16. The molecule has 2 aromatic carbocycles.